The molecule has 0 atom stereocenters. The SMILES string of the molecule is C=Cc1ccc(COc2ccc(-c3c4nc(c(-c5ccc(OCc6ccc(C=C)cc6)cc5)c5ccc([nH]5)c(-c5ccc(OCc6ccc(C=C)cc6)cc5)c5nc(c(-c6ccc(OCc7ccc(C=C)cc7)cc6)c6ccc3[nH]6)C=C5)C=C4)cc2)cc1. The third kappa shape index (κ3) is 12.4. The lowest BCUT2D eigenvalue weighted by Crippen LogP contribution is -1.96. The van der Waals surface area contributed by atoms with Crippen molar-refractivity contribution >= 4 is 70.7 Å². The number of benzene rings is 8. The van der Waals surface area contributed by atoms with Crippen LogP contribution in [0.15, 0.2) is 245 Å². The fourth-order valence-corrected chi connectivity index (χ4v) is 11.0. The van der Waals surface area contributed by atoms with Crippen LogP contribution in [0.3, 0.4) is 0 Å². The fraction of sp³-hybridized carbons (Fsp3) is 0.0500. The molecule has 88 heavy (non-hydrogen) atoms. The van der Waals surface area contributed by atoms with Gasteiger partial charge in [0.2, 0.25) is 0 Å². The molecule has 2 aliphatic rings. The third-order valence-electron chi connectivity index (χ3n) is 15.8. The lowest BCUT2D eigenvalue weighted by molar-refractivity contribution is 0.306. The predicted molar refractivity (Wildman–Crippen MR) is 364 cm³/mol. The summed E-state index contributed by atoms with van der Waals surface area (Å²) >= 11 is 0. The van der Waals surface area contributed by atoms with Gasteiger partial charge in [0.05, 0.1) is 22.8 Å². The van der Waals surface area contributed by atoms with Crippen LogP contribution in [-0.2, 0) is 26.4 Å². The van der Waals surface area contributed by atoms with Crippen LogP contribution in [0.4, 0.5) is 0 Å². The first-order valence-corrected chi connectivity index (χ1v) is 29.3. The standard InChI is InChI=1S/C80H62N4O4/c1-5-53-9-17-57(18-10-53)49-85-65-33-25-61(26-34-65)77-69-41-43-71(81-69)78(62-27-35-66(36-28-62)86-50-58-19-11-54(6-2)12-20-58)73-45-47-75(83-73)80(64-31-39-68(40-32-64)88-52-60-23-15-56(8-4)16-24-60)76-48-46-74(84-76)79(72-44-42-70(77)82-72)63-29-37-67(38-30-63)87-51-59-21-13-55(7-3)14-22-59/h5-48,81,84H,1-4,49-52H2. The van der Waals surface area contributed by atoms with Crippen LogP contribution in [0.2, 0.25) is 0 Å². The Morgan fingerprint density at radius 3 is 0.659 bits per heavy atom. The van der Waals surface area contributed by atoms with E-state index in [-0.39, 0.29) is 0 Å². The summed E-state index contributed by atoms with van der Waals surface area (Å²) in [5.41, 5.74) is 22.7. The van der Waals surface area contributed by atoms with E-state index in [0.717, 1.165) is 157 Å². The maximum atomic E-state index is 6.35. The van der Waals surface area contributed by atoms with Crippen LogP contribution < -0.4 is 18.9 Å². The van der Waals surface area contributed by atoms with Crippen molar-refractivity contribution < 1.29 is 18.9 Å². The second kappa shape index (κ2) is 25.4. The zero-order valence-corrected chi connectivity index (χ0v) is 48.6. The minimum Gasteiger partial charge on any atom is -0.489 e. The van der Waals surface area contributed by atoms with E-state index in [2.05, 4.69) is 182 Å². The summed E-state index contributed by atoms with van der Waals surface area (Å²) in [4.78, 5) is 19.0. The number of aromatic amines is 2. The molecule has 3 aromatic heterocycles. The first-order chi connectivity index (χ1) is 43.3. The van der Waals surface area contributed by atoms with Gasteiger partial charge in [0, 0.05) is 44.3 Å². The molecule has 0 aliphatic carbocycles. The molecule has 0 fully saturated rings. The van der Waals surface area contributed by atoms with Crippen molar-refractivity contribution in [1.82, 2.24) is 19.9 Å². The molecule has 426 valence electrons. The molecule has 0 saturated carbocycles. The summed E-state index contributed by atoms with van der Waals surface area (Å²) in [5, 5.41) is 0. The summed E-state index contributed by atoms with van der Waals surface area (Å²) in [5.74, 6) is 3.01. The molecule has 8 nitrogen and oxygen atoms in total. The van der Waals surface area contributed by atoms with Gasteiger partial charge in [-0.1, -0.05) is 196 Å². The molecule has 8 heteroatoms. The van der Waals surface area contributed by atoms with E-state index in [1.807, 2.05) is 121 Å². The Bertz CT molecular complexity index is 4020. The highest BCUT2D eigenvalue weighted by Crippen LogP contribution is 2.40. The normalized spacial score (nSPS) is 11.5. The molecule has 0 radical (unpaired) electrons. The van der Waals surface area contributed by atoms with Crippen molar-refractivity contribution in [3.63, 3.8) is 0 Å². The van der Waals surface area contributed by atoms with Crippen LogP contribution in [0.5, 0.6) is 23.0 Å². The molecule has 0 amide bonds. The monoisotopic (exact) mass is 1140 g/mol. The highest BCUT2D eigenvalue weighted by molar-refractivity contribution is 6.00. The maximum Gasteiger partial charge on any atom is 0.119 e. The summed E-state index contributed by atoms with van der Waals surface area (Å²) in [7, 11) is 0. The van der Waals surface area contributed by atoms with E-state index in [9.17, 15) is 0 Å². The van der Waals surface area contributed by atoms with Crippen molar-refractivity contribution in [2.24, 2.45) is 0 Å². The van der Waals surface area contributed by atoms with Crippen molar-refractivity contribution in [2.75, 3.05) is 0 Å². The van der Waals surface area contributed by atoms with Gasteiger partial charge in [-0.3, -0.25) is 0 Å². The van der Waals surface area contributed by atoms with Crippen molar-refractivity contribution in [3.8, 4) is 67.5 Å². The van der Waals surface area contributed by atoms with Crippen molar-refractivity contribution in [3.05, 3.63) is 312 Å². The van der Waals surface area contributed by atoms with Crippen LogP contribution in [0.1, 0.15) is 67.3 Å². The van der Waals surface area contributed by atoms with Crippen LogP contribution in [0, 0.1) is 0 Å². The van der Waals surface area contributed by atoms with Gasteiger partial charge in [0.25, 0.3) is 0 Å². The second-order valence-electron chi connectivity index (χ2n) is 21.5. The van der Waals surface area contributed by atoms with Gasteiger partial charge < -0.3 is 28.9 Å². The molecule has 11 aromatic rings. The van der Waals surface area contributed by atoms with Crippen LogP contribution in [0.25, 0.3) is 115 Å². The molecule has 0 saturated heterocycles. The number of hydrogen-bond donors (Lipinski definition) is 2. The van der Waals surface area contributed by atoms with Crippen molar-refractivity contribution in [2.45, 2.75) is 26.4 Å². The first-order valence-electron chi connectivity index (χ1n) is 29.3. The number of hydrogen-bond acceptors (Lipinski definition) is 6. The minimum atomic E-state index is 0.428. The zero-order valence-electron chi connectivity index (χ0n) is 48.6. The number of H-pyrrole nitrogens is 2. The largest absolute Gasteiger partial charge is 0.489 e. The Labute approximate surface area is 512 Å². The average Bonchev–Trinajstić information content (AvgIpc) is 4.57. The minimum absolute atomic E-state index is 0.428. The number of nitrogens with zero attached hydrogens (tertiary/aromatic N) is 2. The lowest BCUT2D eigenvalue weighted by atomic mass is 10.0. The summed E-state index contributed by atoms with van der Waals surface area (Å²) < 4.78 is 25.4. The van der Waals surface area contributed by atoms with Gasteiger partial charge in [0.1, 0.15) is 49.4 Å². The number of rotatable bonds is 20. The molecule has 8 bridgehead atoms. The van der Waals surface area contributed by atoms with Crippen molar-refractivity contribution in [1.29, 1.82) is 0 Å². The van der Waals surface area contributed by atoms with E-state index in [4.69, 9.17) is 28.9 Å². The second-order valence-corrected chi connectivity index (χ2v) is 21.5. The van der Waals surface area contributed by atoms with Crippen LogP contribution >= 0.6 is 0 Å². The molecule has 2 aliphatic heterocycles. The van der Waals surface area contributed by atoms with E-state index >= 15 is 0 Å². The van der Waals surface area contributed by atoms with E-state index in [1.165, 1.54) is 0 Å². The van der Waals surface area contributed by atoms with E-state index < -0.39 is 0 Å². The lowest BCUT2D eigenvalue weighted by Gasteiger charge is -2.10. The summed E-state index contributed by atoms with van der Waals surface area (Å²) in [6.45, 7) is 17.3. The van der Waals surface area contributed by atoms with Gasteiger partial charge in [-0.15, -0.1) is 0 Å². The first kappa shape index (κ1) is 55.7. The Balaban J connectivity index is 0.964. The highest BCUT2D eigenvalue weighted by Gasteiger charge is 2.20. The van der Waals surface area contributed by atoms with Crippen LogP contribution in [-0.4, -0.2) is 19.9 Å². The molecule has 8 aromatic carbocycles. The summed E-state index contributed by atoms with van der Waals surface area (Å²) in [6, 6.07) is 74.5. The molecule has 0 spiro atoms. The predicted octanol–water partition coefficient (Wildman–Crippen LogP) is 20.2. The van der Waals surface area contributed by atoms with Gasteiger partial charge >= 0.3 is 0 Å². The number of aromatic nitrogens is 4. The molecule has 0 unspecified atom stereocenters. The van der Waals surface area contributed by atoms with Gasteiger partial charge in [0.15, 0.2) is 0 Å². The molecular weight excluding hydrogens is 1080 g/mol. The fourth-order valence-electron chi connectivity index (χ4n) is 11.0. The third-order valence-corrected chi connectivity index (χ3v) is 15.8. The average molecular weight is 1140 g/mol. The summed E-state index contributed by atoms with van der Waals surface area (Å²) in [6.07, 6.45) is 15.8. The highest BCUT2D eigenvalue weighted by atomic mass is 16.5. The van der Waals surface area contributed by atoms with E-state index in [1.54, 1.807) is 0 Å². The molecule has 2 N–H and O–H groups in total. The number of ether oxygens (including phenoxy) is 4. The topological polar surface area (TPSA) is 94.3 Å². The zero-order chi connectivity index (χ0) is 59.8. The maximum absolute atomic E-state index is 6.35. The van der Waals surface area contributed by atoms with Gasteiger partial charge in [-0.25, -0.2) is 9.97 Å². The van der Waals surface area contributed by atoms with Gasteiger partial charge in [-0.05, 0) is 164 Å². The number of nitrogens with one attached hydrogen (secondary N) is 2. The Morgan fingerprint density at radius 2 is 0.466 bits per heavy atom. The Kier molecular flexibility index (Phi) is 16.1. The quantitative estimate of drug-likeness (QED) is 0.0790. The molecular formula is C80H62N4O4. The van der Waals surface area contributed by atoms with Gasteiger partial charge in [-0.2, -0.15) is 0 Å². The smallest absolute Gasteiger partial charge is 0.119 e. The van der Waals surface area contributed by atoms with E-state index in [0.29, 0.717) is 26.4 Å². The Morgan fingerprint density at radius 1 is 0.261 bits per heavy atom. The molecule has 13 rings (SSSR count). The number of fused-ring (bicyclic) bond motifs is 8. The Hall–Kier alpha value is -11.5. The molecule has 5 heterocycles.